The molecule has 3 nitrogen and oxygen atoms in total. The van der Waals surface area contributed by atoms with Crippen molar-refractivity contribution in [2.75, 3.05) is 18.0 Å². The standard InChI is InChI=1S/C16H25N3S/c1-2-17-13-4-3-5-14-15(13)20-16(18-14)19(12-8-9-12)10-11-6-7-11/h11-13,17H,2-10H2,1H3. The SMILES string of the molecule is CCNC1CCCc2nc(N(CC3CC3)C3CC3)sc21. The molecule has 3 aliphatic rings. The molecule has 2 fully saturated rings. The van der Waals surface area contributed by atoms with Crippen molar-refractivity contribution in [3.05, 3.63) is 10.6 Å². The van der Waals surface area contributed by atoms with Crippen molar-refractivity contribution in [1.29, 1.82) is 0 Å². The molecule has 1 heterocycles. The van der Waals surface area contributed by atoms with Gasteiger partial charge in [0.15, 0.2) is 5.13 Å². The molecule has 4 rings (SSSR count). The normalized spacial score (nSPS) is 25.6. The lowest BCUT2D eigenvalue weighted by Crippen LogP contribution is -2.27. The maximum absolute atomic E-state index is 5.03. The lowest BCUT2D eigenvalue weighted by molar-refractivity contribution is 0.476. The second-order valence-corrected chi connectivity index (χ2v) is 7.65. The molecule has 0 saturated heterocycles. The fourth-order valence-electron chi connectivity index (χ4n) is 3.32. The van der Waals surface area contributed by atoms with Gasteiger partial charge in [0.25, 0.3) is 0 Å². The minimum Gasteiger partial charge on any atom is -0.345 e. The summed E-state index contributed by atoms with van der Waals surface area (Å²) in [5.41, 5.74) is 1.39. The fourth-order valence-corrected chi connectivity index (χ4v) is 4.62. The Morgan fingerprint density at radius 1 is 1.25 bits per heavy atom. The van der Waals surface area contributed by atoms with Gasteiger partial charge in [0.1, 0.15) is 0 Å². The van der Waals surface area contributed by atoms with E-state index in [9.17, 15) is 0 Å². The van der Waals surface area contributed by atoms with Crippen LogP contribution in [0.15, 0.2) is 0 Å². The first-order chi connectivity index (χ1) is 9.85. The summed E-state index contributed by atoms with van der Waals surface area (Å²) >= 11 is 1.98. The zero-order chi connectivity index (χ0) is 13.5. The van der Waals surface area contributed by atoms with Gasteiger partial charge in [0, 0.05) is 23.5 Å². The number of hydrogen-bond acceptors (Lipinski definition) is 4. The largest absolute Gasteiger partial charge is 0.345 e. The van der Waals surface area contributed by atoms with E-state index in [4.69, 9.17) is 4.98 Å². The Labute approximate surface area is 125 Å². The summed E-state index contributed by atoms with van der Waals surface area (Å²) in [5.74, 6) is 0.959. The zero-order valence-electron chi connectivity index (χ0n) is 12.4. The number of anilines is 1. The molecule has 0 spiro atoms. The van der Waals surface area contributed by atoms with Gasteiger partial charge in [-0.1, -0.05) is 18.3 Å². The second kappa shape index (κ2) is 5.30. The molecule has 1 N–H and O–H groups in total. The van der Waals surface area contributed by atoms with Gasteiger partial charge in [-0.05, 0) is 57.4 Å². The third-order valence-corrected chi connectivity index (χ3v) is 6.02. The molecule has 20 heavy (non-hydrogen) atoms. The zero-order valence-corrected chi connectivity index (χ0v) is 13.2. The minimum absolute atomic E-state index is 0.567. The van der Waals surface area contributed by atoms with Crippen molar-refractivity contribution in [3.63, 3.8) is 0 Å². The highest BCUT2D eigenvalue weighted by Gasteiger charge is 2.36. The van der Waals surface area contributed by atoms with Crippen LogP contribution in [0.4, 0.5) is 5.13 Å². The van der Waals surface area contributed by atoms with Gasteiger partial charge < -0.3 is 10.2 Å². The molecule has 0 aromatic carbocycles. The first-order valence-electron chi connectivity index (χ1n) is 8.34. The second-order valence-electron chi connectivity index (χ2n) is 6.64. The van der Waals surface area contributed by atoms with Crippen molar-refractivity contribution >= 4 is 16.5 Å². The average molecular weight is 291 g/mol. The van der Waals surface area contributed by atoms with E-state index in [-0.39, 0.29) is 0 Å². The molecule has 0 radical (unpaired) electrons. The van der Waals surface area contributed by atoms with E-state index in [2.05, 4.69) is 17.1 Å². The van der Waals surface area contributed by atoms with Crippen molar-refractivity contribution < 1.29 is 0 Å². The summed E-state index contributed by atoms with van der Waals surface area (Å²) in [5, 5.41) is 4.97. The molecule has 0 bridgehead atoms. The van der Waals surface area contributed by atoms with Gasteiger partial charge in [-0.2, -0.15) is 0 Å². The summed E-state index contributed by atoms with van der Waals surface area (Å²) in [6, 6.07) is 1.37. The summed E-state index contributed by atoms with van der Waals surface area (Å²) < 4.78 is 0. The van der Waals surface area contributed by atoms with Crippen LogP contribution in [-0.2, 0) is 6.42 Å². The number of nitrogens with one attached hydrogen (secondary N) is 1. The first kappa shape index (κ1) is 13.1. The Morgan fingerprint density at radius 2 is 2.10 bits per heavy atom. The average Bonchev–Trinajstić information content (AvgIpc) is 3.34. The van der Waals surface area contributed by atoms with Crippen LogP contribution in [-0.4, -0.2) is 24.1 Å². The van der Waals surface area contributed by atoms with Crippen LogP contribution < -0.4 is 10.2 Å². The van der Waals surface area contributed by atoms with Gasteiger partial charge in [0.05, 0.1) is 5.69 Å². The van der Waals surface area contributed by atoms with Crippen LogP contribution in [0.3, 0.4) is 0 Å². The number of thiazole rings is 1. The topological polar surface area (TPSA) is 28.2 Å². The molecule has 1 unspecified atom stereocenters. The molecule has 1 atom stereocenters. The van der Waals surface area contributed by atoms with E-state index in [0.29, 0.717) is 6.04 Å². The van der Waals surface area contributed by atoms with E-state index in [1.165, 1.54) is 67.2 Å². The van der Waals surface area contributed by atoms with Crippen molar-refractivity contribution in [2.45, 2.75) is 64.0 Å². The Bertz CT molecular complexity index is 476. The van der Waals surface area contributed by atoms with Gasteiger partial charge in [-0.3, -0.25) is 0 Å². The highest BCUT2D eigenvalue weighted by Crippen LogP contribution is 2.43. The fraction of sp³-hybridized carbons (Fsp3) is 0.812. The van der Waals surface area contributed by atoms with Crippen LogP contribution in [0.25, 0.3) is 0 Å². The third kappa shape index (κ3) is 2.60. The molecule has 3 aliphatic carbocycles. The number of nitrogens with zero attached hydrogens (tertiary/aromatic N) is 2. The molecular weight excluding hydrogens is 266 g/mol. The minimum atomic E-state index is 0.567. The van der Waals surface area contributed by atoms with E-state index >= 15 is 0 Å². The van der Waals surface area contributed by atoms with Crippen LogP contribution >= 0.6 is 11.3 Å². The Morgan fingerprint density at radius 3 is 2.80 bits per heavy atom. The smallest absolute Gasteiger partial charge is 0.186 e. The maximum atomic E-state index is 5.03. The predicted molar refractivity (Wildman–Crippen MR) is 84.6 cm³/mol. The third-order valence-electron chi connectivity index (χ3n) is 4.77. The molecule has 110 valence electrons. The number of aryl methyl sites for hydroxylation is 1. The quantitative estimate of drug-likeness (QED) is 0.869. The molecular formula is C16H25N3S. The highest BCUT2D eigenvalue weighted by molar-refractivity contribution is 7.15. The van der Waals surface area contributed by atoms with Gasteiger partial charge in [-0.15, -0.1) is 0 Å². The molecule has 0 amide bonds. The summed E-state index contributed by atoms with van der Waals surface area (Å²) in [4.78, 5) is 9.21. The number of hydrogen-bond donors (Lipinski definition) is 1. The number of aromatic nitrogens is 1. The highest BCUT2D eigenvalue weighted by atomic mass is 32.1. The van der Waals surface area contributed by atoms with E-state index in [0.717, 1.165) is 18.5 Å². The Hall–Kier alpha value is -0.610. The van der Waals surface area contributed by atoms with Crippen molar-refractivity contribution in [2.24, 2.45) is 5.92 Å². The van der Waals surface area contributed by atoms with Crippen LogP contribution in [0.2, 0.25) is 0 Å². The maximum Gasteiger partial charge on any atom is 0.186 e. The Balaban J connectivity index is 1.58. The van der Waals surface area contributed by atoms with Crippen LogP contribution in [0.1, 0.15) is 62.1 Å². The molecule has 2 saturated carbocycles. The number of fused-ring (bicyclic) bond motifs is 1. The lowest BCUT2D eigenvalue weighted by atomic mass is 9.98. The Kier molecular flexibility index (Phi) is 3.47. The first-order valence-corrected chi connectivity index (χ1v) is 9.16. The summed E-state index contributed by atoms with van der Waals surface area (Å²) in [7, 11) is 0. The lowest BCUT2D eigenvalue weighted by Gasteiger charge is -2.21. The van der Waals surface area contributed by atoms with Gasteiger partial charge in [0.2, 0.25) is 0 Å². The summed E-state index contributed by atoms with van der Waals surface area (Å²) in [6.45, 7) is 4.54. The summed E-state index contributed by atoms with van der Waals surface area (Å²) in [6.07, 6.45) is 9.41. The molecule has 0 aliphatic heterocycles. The van der Waals surface area contributed by atoms with E-state index in [1.807, 2.05) is 11.3 Å². The van der Waals surface area contributed by atoms with Crippen molar-refractivity contribution in [3.8, 4) is 0 Å². The predicted octanol–water partition coefficient (Wildman–Crippen LogP) is 3.51. The van der Waals surface area contributed by atoms with Crippen LogP contribution in [0.5, 0.6) is 0 Å². The van der Waals surface area contributed by atoms with Gasteiger partial charge in [-0.25, -0.2) is 4.98 Å². The van der Waals surface area contributed by atoms with Crippen LogP contribution in [0, 0.1) is 5.92 Å². The van der Waals surface area contributed by atoms with E-state index in [1.54, 1.807) is 0 Å². The molecule has 4 heteroatoms. The van der Waals surface area contributed by atoms with Crippen molar-refractivity contribution in [1.82, 2.24) is 10.3 Å². The van der Waals surface area contributed by atoms with Gasteiger partial charge >= 0.3 is 0 Å². The van der Waals surface area contributed by atoms with E-state index < -0.39 is 0 Å². The molecule has 1 aromatic rings. The number of rotatable bonds is 6. The molecule has 1 aromatic heterocycles. The monoisotopic (exact) mass is 291 g/mol.